The molecular weight excluding hydrogens is 421 g/mol. The van der Waals surface area contributed by atoms with Gasteiger partial charge in [0.15, 0.2) is 0 Å². The third-order valence-corrected chi connectivity index (χ3v) is 6.22. The second-order valence-corrected chi connectivity index (χ2v) is 8.53. The van der Waals surface area contributed by atoms with Crippen LogP contribution in [0.25, 0.3) is 0 Å². The highest BCUT2D eigenvalue weighted by molar-refractivity contribution is 6.32. The molecule has 1 atom stereocenters. The summed E-state index contributed by atoms with van der Waals surface area (Å²) < 4.78 is 13.4. The maximum Gasteiger partial charge on any atom is 0.325 e. The van der Waals surface area contributed by atoms with E-state index in [0.29, 0.717) is 16.7 Å². The van der Waals surface area contributed by atoms with Crippen molar-refractivity contribution in [2.24, 2.45) is 0 Å². The molecule has 0 bridgehead atoms. The topological polar surface area (TPSA) is 69.7 Å². The molecule has 31 heavy (non-hydrogen) atoms. The minimum absolute atomic E-state index is 0.0141. The number of hydrogen-bond acceptors (Lipinski definition) is 3. The molecule has 0 radical (unpaired) electrons. The molecule has 162 valence electrons. The van der Waals surface area contributed by atoms with E-state index in [4.69, 9.17) is 11.6 Å². The van der Waals surface area contributed by atoms with Gasteiger partial charge in [-0.25, -0.2) is 9.18 Å². The molecule has 2 aromatic carbocycles. The summed E-state index contributed by atoms with van der Waals surface area (Å²) in [6.07, 6.45) is 3.13. The van der Waals surface area contributed by atoms with E-state index in [0.717, 1.165) is 43.3 Å². The first kappa shape index (κ1) is 21.3. The number of piperidine rings is 1. The summed E-state index contributed by atoms with van der Waals surface area (Å²) in [6.45, 7) is 3.04. The Kier molecular flexibility index (Phi) is 5.71. The fraction of sp³-hybridized carbons (Fsp3) is 0.348. The molecule has 0 spiro atoms. The van der Waals surface area contributed by atoms with Gasteiger partial charge in [0.05, 0.1) is 6.54 Å². The van der Waals surface area contributed by atoms with E-state index in [-0.39, 0.29) is 17.5 Å². The second kappa shape index (κ2) is 8.30. The quantitative estimate of drug-likeness (QED) is 0.724. The predicted octanol–water partition coefficient (Wildman–Crippen LogP) is 4.07. The summed E-state index contributed by atoms with van der Waals surface area (Å²) in [5, 5.41) is 2.73. The number of nitrogens with one attached hydrogen (secondary N) is 1. The maximum absolute atomic E-state index is 13.4. The number of amides is 4. The summed E-state index contributed by atoms with van der Waals surface area (Å²) in [7, 11) is 0. The monoisotopic (exact) mass is 443 g/mol. The highest BCUT2D eigenvalue weighted by Gasteiger charge is 2.49. The third kappa shape index (κ3) is 4.02. The molecule has 0 aliphatic carbocycles. The Morgan fingerprint density at radius 2 is 1.87 bits per heavy atom. The molecule has 2 heterocycles. The lowest BCUT2D eigenvalue weighted by molar-refractivity contribution is -0.131. The van der Waals surface area contributed by atoms with Crippen molar-refractivity contribution in [2.45, 2.75) is 38.3 Å². The Bertz CT molecular complexity index is 1050. The lowest BCUT2D eigenvalue weighted by atomic mass is 9.92. The van der Waals surface area contributed by atoms with Crippen molar-refractivity contribution in [3.63, 3.8) is 0 Å². The zero-order valence-corrected chi connectivity index (χ0v) is 17.9. The number of halogens is 2. The molecule has 4 rings (SSSR count). The Labute approximate surface area is 185 Å². The lowest BCUT2D eigenvalue weighted by Gasteiger charge is -2.27. The molecule has 8 heteroatoms. The van der Waals surface area contributed by atoms with Crippen LogP contribution >= 0.6 is 11.6 Å². The van der Waals surface area contributed by atoms with Crippen LogP contribution in [0.5, 0.6) is 0 Å². The van der Waals surface area contributed by atoms with Gasteiger partial charge in [-0.1, -0.05) is 29.8 Å². The van der Waals surface area contributed by atoms with Gasteiger partial charge in [0, 0.05) is 29.2 Å². The van der Waals surface area contributed by atoms with Gasteiger partial charge in [-0.05, 0) is 56.0 Å². The Morgan fingerprint density at radius 3 is 2.58 bits per heavy atom. The average molecular weight is 444 g/mol. The molecule has 1 N–H and O–H groups in total. The van der Waals surface area contributed by atoms with Crippen LogP contribution in [0.15, 0.2) is 42.5 Å². The van der Waals surface area contributed by atoms with E-state index in [1.54, 1.807) is 31.2 Å². The lowest BCUT2D eigenvalue weighted by Crippen LogP contribution is -2.41. The normalized spacial score (nSPS) is 21.4. The van der Waals surface area contributed by atoms with Gasteiger partial charge in [0.25, 0.3) is 11.8 Å². The standard InChI is InChI=1S/C23H23ClFN3O3/c1-23(18-9-8-17(25)13-19(18)24)21(30)28(22(31)26-23)14-15-6-5-7-16(12-15)20(29)27-10-3-2-4-11-27/h5-9,12-13H,2-4,10-11,14H2,1H3,(H,26,31). The van der Waals surface area contributed by atoms with Crippen LogP contribution in [0.1, 0.15) is 47.7 Å². The summed E-state index contributed by atoms with van der Waals surface area (Å²) >= 11 is 6.15. The van der Waals surface area contributed by atoms with Crippen LogP contribution in [0.3, 0.4) is 0 Å². The van der Waals surface area contributed by atoms with Crippen molar-refractivity contribution in [3.05, 3.63) is 70.0 Å². The SMILES string of the molecule is CC1(c2ccc(F)cc2Cl)NC(=O)N(Cc2cccc(C(=O)N3CCCCC3)c2)C1=O. The van der Waals surface area contributed by atoms with E-state index >= 15 is 0 Å². The van der Waals surface area contributed by atoms with Gasteiger partial charge < -0.3 is 10.2 Å². The van der Waals surface area contributed by atoms with Crippen molar-refractivity contribution in [1.29, 1.82) is 0 Å². The molecule has 2 saturated heterocycles. The van der Waals surface area contributed by atoms with Crippen molar-refractivity contribution >= 4 is 29.4 Å². The summed E-state index contributed by atoms with van der Waals surface area (Å²) in [5.74, 6) is -1.05. The average Bonchev–Trinajstić information content (AvgIpc) is 2.97. The molecular formula is C23H23ClFN3O3. The first-order valence-corrected chi connectivity index (χ1v) is 10.7. The molecule has 0 saturated carbocycles. The van der Waals surface area contributed by atoms with Gasteiger partial charge in [0.2, 0.25) is 0 Å². The van der Waals surface area contributed by atoms with Crippen LogP contribution in [-0.2, 0) is 16.9 Å². The molecule has 2 fully saturated rings. The summed E-state index contributed by atoms with van der Waals surface area (Å²) in [5.41, 5.74) is 0.130. The Balaban J connectivity index is 1.55. The third-order valence-electron chi connectivity index (χ3n) is 5.90. The van der Waals surface area contributed by atoms with E-state index in [1.807, 2.05) is 4.90 Å². The van der Waals surface area contributed by atoms with Crippen molar-refractivity contribution in [3.8, 4) is 0 Å². The number of rotatable bonds is 4. The van der Waals surface area contributed by atoms with Crippen molar-refractivity contribution in [2.75, 3.05) is 13.1 Å². The highest BCUT2D eigenvalue weighted by atomic mass is 35.5. The fourth-order valence-electron chi connectivity index (χ4n) is 4.18. The molecule has 2 aromatic rings. The smallest absolute Gasteiger partial charge is 0.325 e. The van der Waals surface area contributed by atoms with Crippen molar-refractivity contribution < 1.29 is 18.8 Å². The molecule has 1 unspecified atom stereocenters. The number of hydrogen-bond donors (Lipinski definition) is 1. The van der Waals surface area contributed by atoms with Gasteiger partial charge in [-0.3, -0.25) is 14.5 Å². The van der Waals surface area contributed by atoms with E-state index in [1.165, 1.54) is 12.1 Å². The predicted molar refractivity (Wildman–Crippen MR) is 114 cm³/mol. The number of likely N-dealkylation sites (tertiary alicyclic amines) is 1. The number of imide groups is 1. The summed E-state index contributed by atoms with van der Waals surface area (Å²) in [4.78, 5) is 41.5. The molecule has 2 aliphatic rings. The van der Waals surface area contributed by atoms with Gasteiger partial charge in [-0.2, -0.15) is 0 Å². The first-order chi connectivity index (χ1) is 14.8. The number of urea groups is 1. The minimum Gasteiger partial charge on any atom is -0.339 e. The largest absolute Gasteiger partial charge is 0.339 e. The van der Waals surface area contributed by atoms with E-state index in [9.17, 15) is 18.8 Å². The minimum atomic E-state index is -1.40. The molecule has 2 aliphatic heterocycles. The maximum atomic E-state index is 13.4. The van der Waals surface area contributed by atoms with Crippen LogP contribution in [-0.4, -0.2) is 40.7 Å². The van der Waals surface area contributed by atoms with Gasteiger partial charge >= 0.3 is 6.03 Å². The van der Waals surface area contributed by atoms with Gasteiger partial charge in [0.1, 0.15) is 11.4 Å². The molecule has 4 amide bonds. The van der Waals surface area contributed by atoms with E-state index < -0.39 is 23.3 Å². The Hall–Kier alpha value is -2.93. The number of carbonyl (C=O) groups excluding carboxylic acids is 3. The first-order valence-electron chi connectivity index (χ1n) is 10.3. The van der Waals surface area contributed by atoms with Crippen LogP contribution < -0.4 is 5.32 Å². The number of carbonyl (C=O) groups is 3. The molecule has 0 aromatic heterocycles. The number of benzene rings is 2. The zero-order chi connectivity index (χ0) is 22.2. The summed E-state index contributed by atoms with van der Waals surface area (Å²) in [6, 6.07) is 10.1. The van der Waals surface area contributed by atoms with Crippen molar-refractivity contribution in [1.82, 2.24) is 15.1 Å². The van der Waals surface area contributed by atoms with Crippen LogP contribution in [0.2, 0.25) is 5.02 Å². The fourth-order valence-corrected chi connectivity index (χ4v) is 4.54. The van der Waals surface area contributed by atoms with Crippen LogP contribution in [0, 0.1) is 5.82 Å². The Morgan fingerprint density at radius 1 is 1.13 bits per heavy atom. The number of nitrogens with zero attached hydrogens (tertiary/aromatic N) is 2. The van der Waals surface area contributed by atoms with Crippen LogP contribution in [0.4, 0.5) is 9.18 Å². The second-order valence-electron chi connectivity index (χ2n) is 8.12. The zero-order valence-electron chi connectivity index (χ0n) is 17.2. The van der Waals surface area contributed by atoms with Gasteiger partial charge in [-0.15, -0.1) is 0 Å². The highest BCUT2D eigenvalue weighted by Crippen LogP contribution is 2.34. The van der Waals surface area contributed by atoms with E-state index in [2.05, 4.69) is 5.32 Å². The molecule has 6 nitrogen and oxygen atoms in total.